The van der Waals surface area contributed by atoms with Gasteiger partial charge >= 0.3 is 0 Å². The molecule has 0 aliphatic rings. The zero-order valence-corrected chi connectivity index (χ0v) is 13.4. The summed E-state index contributed by atoms with van der Waals surface area (Å²) < 4.78 is 0. The number of nitrogens with one attached hydrogen (secondary N) is 1. The molecule has 2 nitrogen and oxygen atoms in total. The minimum absolute atomic E-state index is 0.484. The number of hydrogen-bond acceptors (Lipinski definition) is 3. The second kappa shape index (κ2) is 7.90. The Morgan fingerprint density at radius 2 is 2.00 bits per heavy atom. The summed E-state index contributed by atoms with van der Waals surface area (Å²) >= 11 is 1.85. The number of thiazole rings is 1. The van der Waals surface area contributed by atoms with E-state index < -0.39 is 0 Å². The van der Waals surface area contributed by atoms with Crippen molar-refractivity contribution >= 4 is 11.3 Å². The molecule has 2 atom stereocenters. The molecule has 0 fully saturated rings. The van der Waals surface area contributed by atoms with Crippen molar-refractivity contribution in [3.8, 4) is 0 Å². The van der Waals surface area contributed by atoms with E-state index in [1.54, 1.807) is 0 Å². The highest BCUT2D eigenvalue weighted by molar-refractivity contribution is 7.11. The molecule has 1 aromatic heterocycles. The smallest absolute Gasteiger partial charge is 0.0900 e. The van der Waals surface area contributed by atoms with Crippen LogP contribution in [0.15, 0.2) is 0 Å². The molecule has 0 aliphatic heterocycles. The third kappa shape index (κ3) is 4.36. The van der Waals surface area contributed by atoms with Gasteiger partial charge in [-0.05, 0) is 33.2 Å². The van der Waals surface area contributed by atoms with Crippen LogP contribution in [-0.4, -0.2) is 12.0 Å². The molecule has 104 valence electrons. The second-order valence-corrected chi connectivity index (χ2v) is 6.41. The summed E-state index contributed by atoms with van der Waals surface area (Å²) in [6, 6.07) is 0.484. The fraction of sp³-hybridized carbons (Fsp3) is 0.800. The molecule has 0 aromatic carbocycles. The highest BCUT2D eigenvalue weighted by atomic mass is 32.1. The van der Waals surface area contributed by atoms with E-state index in [1.165, 1.54) is 47.7 Å². The van der Waals surface area contributed by atoms with E-state index in [-0.39, 0.29) is 0 Å². The second-order valence-electron chi connectivity index (χ2n) is 5.18. The summed E-state index contributed by atoms with van der Waals surface area (Å²) in [6.45, 7) is 8.83. The van der Waals surface area contributed by atoms with Gasteiger partial charge in [0.05, 0.1) is 10.7 Å². The predicted octanol–water partition coefficient (Wildman–Crippen LogP) is 4.63. The van der Waals surface area contributed by atoms with Crippen LogP contribution in [0.3, 0.4) is 0 Å². The lowest BCUT2D eigenvalue weighted by Gasteiger charge is -2.22. The third-order valence-corrected chi connectivity index (χ3v) is 4.90. The number of hydrogen-bond donors (Lipinski definition) is 1. The zero-order chi connectivity index (χ0) is 13.5. The van der Waals surface area contributed by atoms with Gasteiger partial charge in [0.1, 0.15) is 0 Å². The lowest BCUT2D eigenvalue weighted by molar-refractivity contribution is 0.366. The minimum Gasteiger partial charge on any atom is -0.312 e. The molecular weight excluding hydrogens is 240 g/mol. The molecule has 1 rings (SSSR count). The van der Waals surface area contributed by atoms with Crippen molar-refractivity contribution in [3.63, 3.8) is 0 Å². The Morgan fingerprint density at radius 1 is 1.28 bits per heavy atom. The van der Waals surface area contributed by atoms with E-state index in [0.29, 0.717) is 6.04 Å². The van der Waals surface area contributed by atoms with Gasteiger partial charge in [-0.1, -0.05) is 39.5 Å². The molecule has 0 spiro atoms. The molecule has 0 saturated carbocycles. The van der Waals surface area contributed by atoms with Crippen molar-refractivity contribution in [1.29, 1.82) is 0 Å². The first-order valence-electron chi connectivity index (χ1n) is 7.23. The molecule has 0 bridgehead atoms. The van der Waals surface area contributed by atoms with Crippen LogP contribution in [0.25, 0.3) is 0 Å². The van der Waals surface area contributed by atoms with Gasteiger partial charge in [-0.2, -0.15) is 0 Å². The topological polar surface area (TPSA) is 24.9 Å². The van der Waals surface area contributed by atoms with Gasteiger partial charge in [-0.15, -0.1) is 11.3 Å². The van der Waals surface area contributed by atoms with Crippen LogP contribution in [0.4, 0.5) is 0 Å². The first-order valence-corrected chi connectivity index (χ1v) is 8.05. The first kappa shape index (κ1) is 15.6. The summed E-state index contributed by atoms with van der Waals surface area (Å²) in [5.74, 6) is 0.837. The van der Waals surface area contributed by atoms with Crippen molar-refractivity contribution in [2.75, 3.05) is 7.05 Å². The van der Waals surface area contributed by atoms with E-state index in [4.69, 9.17) is 0 Å². The van der Waals surface area contributed by atoms with Crippen molar-refractivity contribution in [2.24, 2.45) is 5.92 Å². The third-order valence-electron chi connectivity index (χ3n) is 3.72. The Kier molecular flexibility index (Phi) is 6.87. The monoisotopic (exact) mass is 268 g/mol. The van der Waals surface area contributed by atoms with Crippen LogP contribution >= 0.6 is 11.3 Å². The SMILES string of the molecule is CCCCC(CC)CC(NC)c1sc(C)nc1C. The van der Waals surface area contributed by atoms with Crippen molar-refractivity contribution < 1.29 is 0 Å². The number of unbranched alkanes of at least 4 members (excludes halogenated alkanes) is 1. The largest absolute Gasteiger partial charge is 0.312 e. The molecule has 1 heterocycles. The summed E-state index contributed by atoms with van der Waals surface area (Å²) in [7, 11) is 2.08. The first-order chi connectivity index (χ1) is 8.62. The van der Waals surface area contributed by atoms with Crippen LogP contribution in [0, 0.1) is 19.8 Å². The zero-order valence-electron chi connectivity index (χ0n) is 12.5. The number of rotatable bonds is 8. The van der Waals surface area contributed by atoms with E-state index in [0.717, 1.165) is 5.92 Å². The van der Waals surface area contributed by atoms with E-state index >= 15 is 0 Å². The molecule has 1 aromatic rings. The standard InChI is InChI=1S/C15H28N2S/c1-6-8-9-13(7-2)10-14(16-5)15-11(3)17-12(4)18-15/h13-14,16H,6-10H2,1-5H3. The van der Waals surface area contributed by atoms with Crippen LogP contribution in [0.5, 0.6) is 0 Å². The van der Waals surface area contributed by atoms with Gasteiger partial charge in [0, 0.05) is 10.9 Å². The maximum atomic E-state index is 4.55. The molecule has 0 amide bonds. The maximum absolute atomic E-state index is 4.55. The summed E-state index contributed by atoms with van der Waals surface area (Å²) in [4.78, 5) is 5.99. The van der Waals surface area contributed by atoms with Crippen LogP contribution < -0.4 is 5.32 Å². The minimum atomic E-state index is 0.484. The summed E-state index contributed by atoms with van der Waals surface area (Å²) in [5.41, 5.74) is 1.21. The van der Waals surface area contributed by atoms with E-state index in [2.05, 4.69) is 45.0 Å². The van der Waals surface area contributed by atoms with Gasteiger partial charge in [0.15, 0.2) is 0 Å². The average molecular weight is 268 g/mol. The Balaban J connectivity index is 2.68. The molecule has 0 saturated heterocycles. The molecule has 0 aliphatic carbocycles. The molecular formula is C15H28N2S. The van der Waals surface area contributed by atoms with Gasteiger partial charge < -0.3 is 5.32 Å². The van der Waals surface area contributed by atoms with Crippen LogP contribution in [0.1, 0.15) is 67.6 Å². The highest BCUT2D eigenvalue weighted by Gasteiger charge is 2.19. The van der Waals surface area contributed by atoms with Gasteiger partial charge in [0.25, 0.3) is 0 Å². The van der Waals surface area contributed by atoms with Crippen molar-refractivity contribution in [1.82, 2.24) is 10.3 Å². The fourth-order valence-electron chi connectivity index (χ4n) is 2.54. The Morgan fingerprint density at radius 3 is 2.44 bits per heavy atom. The quantitative estimate of drug-likeness (QED) is 0.743. The summed E-state index contributed by atoms with van der Waals surface area (Å²) in [5, 5.41) is 4.67. The van der Waals surface area contributed by atoms with Crippen molar-refractivity contribution in [2.45, 2.75) is 65.8 Å². The molecule has 18 heavy (non-hydrogen) atoms. The molecule has 1 N–H and O–H groups in total. The van der Waals surface area contributed by atoms with Gasteiger partial charge in [-0.3, -0.25) is 0 Å². The Labute approximate surface area is 116 Å². The average Bonchev–Trinajstić information content (AvgIpc) is 2.69. The van der Waals surface area contributed by atoms with E-state index in [1.807, 2.05) is 11.3 Å². The normalized spacial score (nSPS) is 14.7. The lowest BCUT2D eigenvalue weighted by Crippen LogP contribution is -2.19. The number of aromatic nitrogens is 1. The molecule has 2 unspecified atom stereocenters. The summed E-state index contributed by atoms with van der Waals surface area (Å²) in [6.07, 6.45) is 6.56. The maximum Gasteiger partial charge on any atom is 0.0900 e. The Bertz CT molecular complexity index is 346. The fourth-order valence-corrected chi connectivity index (χ4v) is 3.59. The Hall–Kier alpha value is -0.410. The van der Waals surface area contributed by atoms with Gasteiger partial charge in [-0.25, -0.2) is 4.98 Å². The van der Waals surface area contributed by atoms with Crippen LogP contribution in [-0.2, 0) is 0 Å². The highest BCUT2D eigenvalue weighted by Crippen LogP contribution is 2.31. The number of nitrogens with zero attached hydrogens (tertiary/aromatic N) is 1. The predicted molar refractivity (Wildman–Crippen MR) is 81.3 cm³/mol. The molecule has 0 radical (unpaired) electrons. The molecule has 3 heteroatoms. The van der Waals surface area contributed by atoms with E-state index in [9.17, 15) is 0 Å². The number of aryl methyl sites for hydroxylation is 2. The lowest BCUT2D eigenvalue weighted by atomic mass is 9.91. The van der Waals surface area contributed by atoms with Crippen molar-refractivity contribution in [3.05, 3.63) is 15.6 Å². The van der Waals surface area contributed by atoms with Crippen LogP contribution in [0.2, 0.25) is 0 Å². The van der Waals surface area contributed by atoms with Gasteiger partial charge in [0.2, 0.25) is 0 Å².